The fourth-order valence-corrected chi connectivity index (χ4v) is 1.28. The molecule has 0 bridgehead atoms. The van der Waals surface area contributed by atoms with E-state index in [2.05, 4.69) is 0 Å². The summed E-state index contributed by atoms with van der Waals surface area (Å²) < 4.78 is 10.1. The van der Waals surface area contributed by atoms with Gasteiger partial charge in [-0.2, -0.15) is 0 Å². The van der Waals surface area contributed by atoms with Crippen molar-refractivity contribution >= 4 is 12.3 Å². The smallest absolute Gasteiger partial charge is 0.341 e. The first kappa shape index (κ1) is 11.5. The maximum atomic E-state index is 11.5. The molecule has 15 heavy (non-hydrogen) atoms. The van der Waals surface area contributed by atoms with Crippen molar-refractivity contribution in [2.45, 2.75) is 26.7 Å². The first-order valence-corrected chi connectivity index (χ1v) is 4.86. The molecule has 0 spiro atoms. The molecule has 0 saturated carbocycles. The molecule has 0 aliphatic rings. The summed E-state index contributed by atoms with van der Waals surface area (Å²) >= 11 is 0. The molecule has 0 amide bonds. The van der Waals surface area contributed by atoms with E-state index in [9.17, 15) is 9.59 Å². The second-order valence-electron chi connectivity index (χ2n) is 3.42. The average molecular weight is 210 g/mol. The molecule has 82 valence electrons. The highest BCUT2D eigenvalue weighted by Gasteiger charge is 2.20. The minimum Gasteiger partial charge on any atom is -0.462 e. The lowest BCUT2D eigenvalue weighted by molar-refractivity contribution is 0.0523. The van der Waals surface area contributed by atoms with E-state index < -0.39 is 5.97 Å². The van der Waals surface area contributed by atoms with Gasteiger partial charge in [0.15, 0.2) is 12.0 Å². The molecule has 1 rings (SSSR count). The molecular weight excluding hydrogens is 196 g/mol. The fraction of sp³-hybridized carbons (Fsp3) is 0.455. The van der Waals surface area contributed by atoms with Gasteiger partial charge in [0.1, 0.15) is 11.3 Å². The van der Waals surface area contributed by atoms with Gasteiger partial charge in [-0.25, -0.2) is 4.79 Å². The van der Waals surface area contributed by atoms with E-state index in [1.807, 2.05) is 13.8 Å². The van der Waals surface area contributed by atoms with Crippen LogP contribution < -0.4 is 0 Å². The van der Waals surface area contributed by atoms with Crippen LogP contribution in [0.25, 0.3) is 0 Å². The van der Waals surface area contributed by atoms with Crippen molar-refractivity contribution in [2.24, 2.45) is 0 Å². The van der Waals surface area contributed by atoms with Crippen LogP contribution in [0.15, 0.2) is 10.5 Å². The van der Waals surface area contributed by atoms with Gasteiger partial charge in [0.2, 0.25) is 0 Å². The molecule has 0 N–H and O–H groups in total. The monoisotopic (exact) mass is 210 g/mol. The average Bonchev–Trinajstić information content (AvgIpc) is 2.61. The van der Waals surface area contributed by atoms with Crippen LogP contribution in [0.5, 0.6) is 0 Å². The van der Waals surface area contributed by atoms with Gasteiger partial charge in [0.25, 0.3) is 0 Å². The van der Waals surface area contributed by atoms with Gasteiger partial charge < -0.3 is 9.15 Å². The number of aldehydes is 1. The van der Waals surface area contributed by atoms with Crippen molar-refractivity contribution in [1.29, 1.82) is 0 Å². The van der Waals surface area contributed by atoms with Crippen LogP contribution in [0.4, 0.5) is 0 Å². The van der Waals surface area contributed by atoms with E-state index >= 15 is 0 Å². The fourth-order valence-electron chi connectivity index (χ4n) is 1.28. The lowest BCUT2D eigenvalue weighted by Gasteiger charge is -2.04. The van der Waals surface area contributed by atoms with Gasteiger partial charge in [0.05, 0.1) is 6.61 Å². The van der Waals surface area contributed by atoms with Gasteiger partial charge in [-0.05, 0) is 6.92 Å². The molecule has 0 aliphatic carbocycles. The summed E-state index contributed by atoms with van der Waals surface area (Å²) in [7, 11) is 0. The van der Waals surface area contributed by atoms with Crippen molar-refractivity contribution in [2.75, 3.05) is 6.61 Å². The SMILES string of the molecule is CCOC(=O)c1cc(C=O)oc1C(C)C. The first-order valence-electron chi connectivity index (χ1n) is 4.86. The summed E-state index contributed by atoms with van der Waals surface area (Å²) in [6.07, 6.45) is 0.578. The number of carbonyl (C=O) groups is 2. The Labute approximate surface area is 88.2 Å². The van der Waals surface area contributed by atoms with Crippen molar-refractivity contribution in [3.8, 4) is 0 Å². The Bertz CT molecular complexity index is 363. The molecule has 1 aromatic heterocycles. The standard InChI is InChI=1S/C11H14O4/c1-4-14-11(13)9-5-8(6-12)15-10(9)7(2)3/h5-7H,4H2,1-3H3. The van der Waals surface area contributed by atoms with Gasteiger partial charge in [-0.1, -0.05) is 13.8 Å². The number of rotatable bonds is 4. The molecule has 4 heteroatoms. The zero-order valence-electron chi connectivity index (χ0n) is 9.07. The number of esters is 1. The van der Waals surface area contributed by atoms with E-state index in [1.54, 1.807) is 6.92 Å². The number of hydrogen-bond donors (Lipinski definition) is 0. The van der Waals surface area contributed by atoms with Gasteiger partial charge in [-0.15, -0.1) is 0 Å². The zero-order chi connectivity index (χ0) is 11.4. The number of furan rings is 1. The molecular formula is C11H14O4. The molecule has 0 aromatic carbocycles. The Morgan fingerprint density at radius 1 is 1.60 bits per heavy atom. The number of ether oxygens (including phenoxy) is 1. The van der Waals surface area contributed by atoms with Crippen LogP contribution >= 0.6 is 0 Å². The highest BCUT2D eigenvalue weighted by Crippen LogP contribution is 2.23. The van der Waals surface area contributed by atoms with E-state index in [0.717, 1.165) is 0 Å². The van der Waals surface area contributed by atoms with Crippen LogP contribution in [0.3, 0.4) is 0 Å². The minimum absolute atomic E-state index is 0.0399. The third-order valence-corrected chi connectivity index (χ3v) is 1.92. The van der Waals surface area contributed by atoms with Crippen molar-refractivity contribution in [1.82, 2.24) is 0 Å². The lowest BCUT2D eigenvalue weighted by atomic mass is 10.1. The molecule has 0 radical (unpaired) electrons. The van der Waals surface area contributed by atoms with Crippen molar-refractivity contribution in [3.63, 3.8) is 0 Å². The van der Waals surface area contributed by atoms with Gasteiger partial charge in [-0.3, -0.25) is 4.79 Å². The molecule has 0 saturated heterocycles. The topological polar surface area (TPSA) is 56.5 Å². The van der Waals surface area contributed by atoms with E-state index in [1.165, 1.54) is 6.07 Å². The van der Waals surface area contributed by atoms with Crippen LogP contribution in [0, 0.1) is 0 Å². The second-order valence-corrected chi connectivity index (χ2v) is 3.42. The van der Waals surface area contributed by atoms with Crippen LogP contribution in [0.1, 0.15) is 53.4 Å². The number of carbonyl (C=O) groups excluding carboxylic acids is 2. The van der Waals surface area contributed by atoms with Crippen molar-refractivity contribution < 1.29 is 18.7 Å². The first-order chi connectivity index (χ1) is 7.10. The Morgan fingerprint density at radius 2 is 2.27 bits per heavy atom. The third kappa shape index (κ3) is 2.46. The molecule has 1 aromatic rings. The maximum absolute atomic E-state index is 11.5. The lowest BCUT2D eigenvalue weighted by Crippen LogP contribution is -2.06. The molecule has 0 unspecified atom stereocenters. The van der Waals surface area contributed by atoms with E-state index in [-0.39, 0.29) is 11.7 Å². The Kier molecular flexibility index (Phi) is 3.66. The Morgan fingerprint density at radius 3 is 2.73 bits per heavy atom. The quantitative estimate of drug-likeness (QED) is 0.565. The second kappa shape index (κ2) is 4.77. The molecule has 4 nitrogen and oxygen atoms in total. The summed E-state index contributed by atoms with van der Waals surface area (Å²) in [5.41, 5.74) is 0.342. The highest BCUT2D eigenvalue weighted by atomic mass is 16.5. The minimum atomic E-state index is -0.446. The number of hydrogen-bond acceptors (Lipinski definition) is 4. The van der Waals surface area contributed by atoms with Crippen LogP contribution in [0.2, 0.25) is 0 Å². The Hall–Kier alpha value is -1.58. The third-order valence-electron chi connectivity index (χ3n) is 1.92. The molecule has 0 atom stereocenters. The predicted molar refractivity (Wildman–Crippen MR) is 54.1 cm³/mol. The maximum Gasteiger partial charge on any atom is 0.341 e. The summed E-state index contributed by atoms with van der Waals surface area (Å²) in [5, 5.41) is 0. The normalized spacial score (nSPS) is 10.4. The summed E-state index contributed by atoms with van der Waals surface area (Å²) in [6, 6.07) is 1.42. The zero-order valence-corrected chi connectivity index (χ0v) is 9.07. The van der Waals surface area contributed by atoms with Crippen LogP contribution in [-0.2, 0) is 4.74 Å². The van der Waals surface area contributed by atoms with Gasteiger partial charge in [0, 0.05) is 12.0 Å². The van der Waals surface area contributed by atoms with E-state index in [0.29, 0.717) is 24.2 Å². The summed E-state index contributed by atoms with van der Waals surface area (Å²) in [4.78, 5) is 22.0. The molecule has 0 aliphatic heterocycles. The largest absolute Gasteiger partial charge is 0.462 e. The van der Waals surface area contributed by atoms with E-state index in [4.69, 9.17) is 9.15 Å². The predicted octanol–water partition coefficient (Wildman–Crippen LogP) is 2.39. The van der Waals surface area contributed by atoms with Gasteiger partial charge >= 0.3 is 5.97 Å². The molecule has 1 heterocycles. The molecule has 0 fully saturated rings. The highest BCUT2D eigenvalue weighted by molar-refractivity contribution is 5.92. The van der Waals surface area contributed by atoms with Crippen LogP contribution in [-0.4, -0.2) is 18.9 Å². The Balaban J connectivity index is 3.08. The summed E-state index contributed by atoms with van der Waals surface area (Å²) in [5.74, 6) is 0.244. The summed E-state index contributed by atoms with van der Waals surface area (Å²) in [6.45, 7) is 5.80. The van der Waals surface area contributed by atoms with Crippen molar-refractivity contribution in [3.05, 3.63) is 23.2 Å².